The van der Waals surface area contributed by atoms with E-state index in [1.54, 1.807) is 79.7 Å². The molecule has 0 radical (unpaired) electrons. The lowest BCUT2D eigenvalue weighted by Crippen LogP contribution is -2.29. The number of hydrogen-bond acceptors (Lipinski definition) is 6. The van der Waals surface area contributed by atoms with Crippen LogP contribution in [0.4, 0.5) is 5.69 Å². The van der Waals surface area contributed by atoms with Gasteiger partial charge in [0.25, 0.3) is 11.8 Å². The number of ether oxygens (including phenoxy) is 1. The number of rotatable bonds is 6. The van der Waals surface area contributed by atoms with Gasteiger partial charge in [0.1, 0.15) is 0 Å². The fourth-order valence-corrected chi connectivity index (χ4v) is 5.86. The quantitative estimate of drug-likeness (QED) is 0.103. The second kappa shape index (κ2) is 11.4. The molecule has 5 aromatic rings. The molecule has 7 nitrogen and oxygen atoms in total. The Kier molecular flexibility index (Phi) is 7.65. The number of pyridine rings is 1. The molecule has 2 heterocycles. The zero-order valence-electron chi connectivity index (χ0n) is 23.9. The summed E-state index contributed by atoms with van der Waals surface area (Å²) in [5.41, 5.74) is 6.05. The summed E-state index contributed by atoms with van der Waals surface area (Å²) < 4.78 is 6.11. The van der Waals surface area contributed by atoms with Crippen molar-refractivity contribution in [1.29, 1.82) is 0 Å². The molecule has 1 aliphatic heterocycles. The van der Waals surface area contributed by atoms with Crippen LogP contribution in [-0.2, 0) is 4.74 Å². The van der Waals surface area contributed by atoms with E-state index >= 15 is 0 Å². The minimum atomic E-state index is -0.688. The first kappa shape index (κ1) is 29.4. The third-order valence-corrected chi connectivity index (χ3v) is 9.16. The van der Waals surface area contributed by atoms with Crippen LogP contribution in [0.2, 0.25) is 5.02 Å². The molecule has 0 saturated carbocycles. The number of benzene rings is 4. The Balaban J connectivity index is 1.34. The van der Waals surface area contributed by atoms with Gasteiger partial charge >= 0.3 is 5.97 Å². The average molecular weight is 668 g/mol. The third-order valence-electron chi connectivity index (χ3n) is 7.82. The van der Waals surface area contributed by atoms with Gasteiger partial charge < -0.3 is 4.74 Å². The maximum Gasteiger partial charge on any atom is 0.339 e. The molecule has 6 rings (SSSR count). The molecule has 0 aliphatic carbocycles. The maximum absolute atomic E-state index is 13.5. The summed E-state index contributed by atoms with van der Waals surface area (Å²) in [6.07, 6.45) is 0. The topological polar surface area (TPSA) is 93.6 Å². The molecule has 0 N–H and O–H groups in total. The van der Waals surface area contributed by atoms with Crippen LogP contribution < -0.4 is 4.90 Å². The monoisotopic (exact) mass is 666 g/mol. The number of Topliss-reactive ketones (excluding diaryl/α,β-unsaturated/α-hetero) is 1. The van der Waals surface area contributed by atoms with Crippen LogP contribution in [0.5, 0.6) is 0 Å². The van der Waals surface area contributed by atoms with Gasteiger partial charge in [-0.1, -0.05) is 48.0 Å². The number of anilines is 1. The van der Waals surface area contributed by atoms with Gasteiger partial charge in [-0.15, -0.1) is 0 Å². The lowest BCUT2D eigenvalue weighted by molar-refractivity contribution is 0.0476. The highest BCUT2D eigenvalue weighted by atomic mass is 79.9. The maximum atomic E-state index is 13.5. The van der Waals surface area contributed by atoms with E-state index in [-0.39, 0.29) is 11.3 Å². The summed E-state index contributed by atoms with van der Waals surface area (Å²) in [5.74, 6) is -1.78. The predicted molar refractivity (Wildman–Crippen MR) is 173 cm³/mol. The number of ketones is 1. The van der Waals surface area contributed by atoms with Crippen molar-refractivity contribution in [3.8, 4) is 11.3 Å². The SMILES string of the molecule is Cc1ccc(C(=O)COC(=O)c2cc(-c3ccc(N4C(=O)c5ccccc5C4=O)cc3)nc3c(C)c(Cl)c(Br)cc23)cc1C. The number of esters is 1. The van der Waals surface area contributed by atoms with Gasteiger partial charge in [-0.25, -0.2) is 14.7 Å². The van der Waals surface area contributed by atoms with E-state index in [1.165, 1.54) is 0 Å². The highest BCUT2D eigenvalue weighted by molar-refractivity contribution is 9.10. The molecule has 0 atom stereocenters. The number of carbonyl (C=O) groups is 4. The Morgan fingerprint density at radius 2 is 1.52 bits per heavy atom. The van der Waals surface area contributed by atoms with Crippen molar-refractivity contribution < 1.29 is 23.9 Å². The standard InChI is InChI=1S/C35H24BrClN2O5/c1-18-8-9-22(14-19(18)2)30(40)17-44-35(43)27-16-29(38-32-20(3)31(37)28(36)15-26(27)32)21-10-12-23(13-11-21)39-33(41)24-6-4-5-7-25(24)34(39)42/h4-16H,17H2,1-3H3. The van der Waals surface area contributed by atoms with Crippen molar-refractivity contribution in [2.75, 3.05) is 11.5 Å². The molecule has 1 aromatic heterocycles. The lowest BCUT2D eigenvalue weighted by atomic mass is 10.0. The van der Waals surface area contributed by atoms with Crippen LogP contribution in [0, 0.1) is 20.8 Å². The van der Waals surface area contributed by atoms with Gasteiger partial charge in [-0.05, 0) is 95.9 Å². The Morgan fingerprint density at radius 1 is 0.864 bits per heavy atom. The largest absolute Gasteiger partial charge is 0.454 e. The van der Waals surface area contributed by atoms with Crippen molar-refractivity contribution in [3.05, 3.63) is 127 Å². The zero-order valence-corrected chi connectivity index (χ0v) is 26.2. The second-order valence-electron chi connectivity index (χ2n) is 10.6. The van der Waals surface area contributed by atoms with Gasteiger partial charge in [0.05, 0.1) is 38.6 Å². The smallest absolute Gasteiger partial charge is 0.339 e. The lowest BCUT2D eigenvalue weighted by Gasteiger charge is -2.15. The molecule has 2 amide bonds. The summed E-state index contributed by atoms with van der Waals surface area (Å²) >= 11 is 9.98. The van der Waals surface area contributed by atoms with E-state index in [0.717, 1.165) is 16.0 Å². The molecule has 0 unspecified atom stereocenters. The number of nitrogens with zero attached hydrogens (tertiary/aromatic N) is 2. The van der Waals surface area contributed by atoms with E-state index < -0.39 is 24.4 Å². The Bertz CT molecular complexity index is 2020. The number of imide groups is 1. The van der Waals surface area contributed by atoms with Crippen LogP contribution in [0.1, 0.15) is 58.1 Å². The summed E-state index contributed by atoms with van der Waals surface area (Å²) in [6.45, 7) is 5.25. The molecular formula is C35H24BrClN2O5. The molecule has 1 aliphatic rings. The molecule has 0 saturated heterocycles. The van der Waals surface area contributed by atoms with Crippen molar-refractivity contribution in [1.82, 2.24) is 4.98 Å². The first-order valence-electron chi connectivity index (χ1n) is 13.7. The fourth-order valence-electron chi connectivity index (χ4n) is 5.19. The normalized spacial score (nSPS) is 12.5. The molecular weight excluding hydrogens is 644 g/mol. The van der Waals surface area contributed by atoms with Crippen molar-refractivity contribution >= 4 is 67.7 Å². The minimum absolute atomic E-state index is 0.211. The second-order valence-corrected chi connectivity index (χ2v) is 11.8. The average Bonchev–Trinajstić information content (AvgIpc) is 3.28. The number of carbonyl (C=O) groups excluding carboxylic acids is 4. The van der Waals surface area contributed by atoms with Crippen molar-refractivity contribution in [2.24, 2.45) is 0 Å². The minimum Gasteiger partial charge on any atom is -0.454 e. The zero-order chi connectivity index (χ0) is 31.3. The third kappa shape index (κ3) is 5.10. The first-order valence-corrected chi connectivity index (χ1v) is 14.9. The van der Waals surface area contributed by atoms with Crippen LogP contribution >= 0.6 is 27.5 Å². The van der Waals surface area contributed by atoms with Crippen molar-refractivity contribution in [2.45, 2.75) is 20.8 Å². The van der Waals surface area contributed by atoms with Crippen molar-refractivity contribution in [3.63, 3.8) is 0 Å². The van der Waals surface area contributed by atoms with Gasteiger partial charge in [0.2, 0.25) is 0 Å². The number of amides is 2. The highest BCUT2D eigenvalue weighted by Gasteiger charge is 2.36. The molecule has 4 aromatic carbocycles. The van der Waals surface area contributed by atoms with Gasteiger partial charge in [0.15, 0.2) is 12.4 Å². The van der Waals surface area contributed by atoms with Crippen LogP contribution in [0.3, 0.4) is 0 Å². The Hall–Kier alpha value is -4.66. The van der Waals surface area contributed by atoms with E-state index in [0.29, 0.717) is 59.6 Å². The molecule has 0 spiro atoms. The molecule has 0 bridgehead atoms. The summed E-state index contributed by atoms with van der Waals surface area (Å²) in [5, 5.41) is 0.959. The predicted octanol–water partition coefficient (Wildman–Crippen LogP) is 8.08. The van der Waals surface area contributed by atoms with Crippen LogP contribution in [0.15, 0.2) is 83.3 Å². The summed E-state index contributed by atoms with van der Waals surface area (Å²) in [6, 6.07) is 22.1. The first-order chi connectivity index (χ1) is 21.0. The van der Waals surface area contributed by atoms with E-state index in [2.05, 4.69) is 15.9 Å². The number of fused-ring (bicyclic) bond motifs is 2. The van der Waals surface area contributed by atoms with E-state index in [4.69, 9.17) is 21.3 Å². The number of aryl methyl sites for hydroxylation is 3. The van der Waals surface area contributed by atoms with Gasteiger partial charge in [0, 0.05) is 21.0 Å². The fraction of sp³-hybridized carbons (Fsp3) is 0.114. The van der Waals surface area contributed by atoms with Crippen LogP contribution in [-0.4, -0.2) is 35.2 Å². The molecule has 0 fully saturated rings. The Labute approximate surface area is 266 Å². The number of hydrogen-bond donors (Lipinski definition) is 0. The van der Waals surface area contributed by atoms with E-state index in [1.807, 2.05) is 19.9 Å². The van der Waals surface area contributed by atoms with E-state index in [9.17, 15) is 19.2 Å². The molecule has 9 heteroatoms. The Morgan fingerprint density at radius 3 is 2.16 bits per heavy atom. The molecule has 44 heavy (non-hydrogen) atoms. The van der Waals surface area contributed by atoms with Gasteiger partial charge in [-0.3, -0.25) is 14.4 Å². The summed E-state index contributed by atoms with van der Waals surface area (Å²) in [4.78, 5) is 58.2. The number of halogens is 2. The molecule has 218 valence electrons. The number of aromatic nitrogens is 1. The van der Waals surface area contributed by atoms with Crippen LogP contribution in [0.25, 0.3) is 22.2 Å². The summed E-state index contributed by atoms with van der Waals surface area (Å²) in [7, 11) is 0. The van der Waals surface area contributed by atoms with Gasteiger partial charge in [-0.2, -0.15) is 0 Å². The highest BCUT2D eigenvalue weighted by Crippen LogP contribution is 2.36.